The number of nitrogens with two attached hydrogens (primary N) is 1. The molecule has 0 radical (unpaired) electrons. The fourth-order valence-corrected chi connectivity index (χ4v) is 2.54. The quantitative estimate of drug-likeness (QED) is 0.809. The van der Waals surface area contributed by atoms with Crippen molar-refractivity contribution in [3.05, 3.63) is 41.0 Å². The second-order valence-corrected chi connectivity index (χ2v) is 4.76. The molecule has 16 heavy (non-hydrogen) atoms. The molecule has 3 heteroatoms. The lowest BCUT2D eigenvalue weighted by Gasteiger charge is -2.05. The Balaban J connectivity index is 2.08. The van der Waals surface area contributed by atoms with Gasteiger partial charge in [-0.2, -0.15) is 0 Å². The molecule has 1 fully saturated rings. The lowest BCUT2D eigenvalue weighted by atomic mass is 10.1. The van der Waals surface area contributed by atoms with Crippen LogP contribution < -0.4 is 5.73 Å². The van der Waals surface area contributed by atoms with Gasteiger partial charge in [0.05, 0.1) is 5.52 Å². The van der Waals surface area contributed by atoms with Gasteiger partial charge in [0.15, 0.2) is 0 Å². The third-order valence-corrected chi connectivity index (χ3v) is 3.63. The highest BCUT2D eigenvalue weighted by Crippen LogP contribution is 2.48. The minimum atomic E-state index is 0.523. The summed E-state index contributed by atoms with van der Waals surface area (Å²) < 4.78 is 0. The molecule has 0 unspecified atom stereocenters. The standard InChI is InChI=1S/C13H13ClN2/c14-13-11(10-6-9(10)7-15)5-8-3-1-2-4-12(8)16-13/h1-5,9-10H,6-7,15H2/t9-,10+/m0/s1. The molecule has 1 aliphatic carbocycles. The van der Waals surface area contributed by atoms with Crippen LogP contribution in [0.5, 0.6) is 0 Å². The number of nitrogens with zero attached hydrogens (tertiary/aromatic N) is 1. The number of benzene rings is 1. The van der Waals surface area contributed by atoms with Crippen molar-refractivity contribution in [3.63, 3.8) is 0 Å². The Kier molecular flexibility index (Phi) is 2.34. The molecule has 82 valence electrons. The average molecular weight is 233 g/mol. The zero-order chi connectivity index (χ0) is 11.1. The van der Waals surface area contributed by atoms with Crippen molar-refractivity contribution < 1.29 is 0 Å². The van der Waals surface area contributed by atoms with Gasteiger partial charge in [-0.15, -0.1) is 0 Å². The maximum absolute atomic E-state index is 6.21. The topological polar surface area (TPSA) is 38.9 Å². The summed E-state index contributed by atoms with van der Waals surface area (Å²) in [5.74, 6) is 1.12. The molecule has 3 rings (SSSR count). The molecule has 0 amide bonds. The van der Waals surface area contributed by atoms with Gasteiger partial charge < -0.3 is 5.73 Å². The number of rotatable bonds is 2. The molecule has 1 aromatic heterocycles. The Hall–Kier alpha value is -1.12. The zero-order valence-corrected chi connectivity index (χ0v) is 9.61. The summed E-state index contributed by atoms with van der Waals surface area (Å²) in [6.45, 7) is 0.744. The summed E-state index contributed by atoms with van der Waals surface area (Å²) in [6, 6.07) is 10.2. The summed E-state index contributed by atoms with van der Waals surface area (Å²) in [5, 5.41) is 1.80. The predicted octanol–water partition coefficient (Wildman–Crippen LogP) is 2.95. The van der Waals surface area contributed by atoms with Crippen molar-refractivity contribution in [2.24, 2.45) is 11.7 Å². The minimum Gasteiger partial charge on any atom is -0.330 e. The van der Waals surface area contributed by atoms with Crippen molar-refractivity contribution in [1.82, 2.24) is 4.98 Å². The summed E-state index contributed by atoms with van der Waals surface area (Å²) in [6.07, 6.45) is 1.15. The molecule has 0 aliphatic heterocycles. The van der Waals surface area contributed by atoms with Crippen molar-refractivity contribution in [3.8, 4) is 0 Å². The van der Waals surface area contributed by atoms with Gasteiger partial charge in [-0.3, -0.25) is 0 Å². The van der Waals surface area contributed by atoms with Crippen LogP contribution in [-0.2, 0) is 0 Å². The lowest BCUT2D eigenvalue weighted by Crippen LogP contribution is -2.02. The third-order valence-electron chi connectivity index (χ3n) is 3.33. The van der Waals surface area contributed by atoms with E-state index in [0.29, 0.717) is 17.0 Å². The van der Waals surface area contributed by atoms with E-state index in [-0.39, 0.29) is 0 Å². The molecule has 0 saturated heterocycles. The van der Waals surface area contributed by atoms with Crippen molar-refractivity contribution in [1.29, 1.82) is 0 Å². The summed E-state index contributed by atoms with van der Waals surface area (Å²) in [7, 11) is 0. The fraction of sp³-hybridized carbons (Fsp3) is 0.308. The highest BCUT2D eigenvalue weighted by molar-refractivity contribution is 6.30. The van der Waals surface area contributed by atoms with Crippen LogP contribution in [0.1, 0.15) is 17.9 Å². The molecule has 2 aromatic rings. The molecule has 0 spiro atoms. The van der Waals surface area contributed by atoms with Crippen LogP contribution in [0.25, 0.3) is 10.9 Å². The largest absolute Gasteiger partial charge is 0.330 e. The fourth-order valence-electron chi connectivity index (χ4n) is 2.26. The summed E-state index contributed by atoms with van der Waals surface area (Å²) in [5.41, 5.74) is 7.78. The second-order valence-electron chi connectivity index (χ2n) is 4.40. The van der Waals surface area contributed by atoms with Crippen LogP contribution in [0.4, 0.5) is 0 Å². The van der Waals surface area contributed by atoms with Crippen LogP contribution in [0.15, 0.2) is 30.3 Å². The molecule has 2 atom stereocenters. The van der Waals surface area contributed by atoms with E-state index < -0.39 is 0 Å². The van der Waals surface area contributed by atoms with Gasteiger partial charge >= 0.3 is 0 Å². The molecule has 0 bridgehead atoms. The molecular weight excluding hydrogens is 220 g/mol. The predicted molar refractivity (Wildman–Crippen MR) is 66.7 cm³/mol. The lowest BCUT2D eigenvalue weighted by molar-refractivity contribution is 0.809. The van der Waals surface area contributed by atoms with Gasteiger partial charge in [-0.05, 0) is 42.5 Å². The maximum Gasteiger partial charge on any atom is 0.133 e. The van der Waals surface area contributed by atoms with Crippen LogP contribution in [0.3, 0.4) is 0 Å². The first-order valence-electron chi connectivity index (χ1n) is 5.55. The Bertz CT molecular complexity index is 538. The van der Waals surface area contributed by atoms with E-state index >= 15 is 0 Å². The van der Waals surface area contributed by atoms with Gasteiger partial charge in [-0.1, -0.05) is 29.8 Å². The number of aromatic nitrogens is 1. The van der Waals surface area contributed by atoms with Crippen molar-refractivity contribution in [2.75, 3.05) is 6.54 Å². The van der Waals surface area contributed by atoms with Gasteiger partial charge in [0, 0.05) is 5.39 Å². The van der Waals surface area contributed by atoms with E-state index in [1.165, 1.54) is 0 Å². The smallest absolute Gasteiger partial charge is 0.133 e. The number of fused-ring (bicyclic) bond motifs is 1. The summed E-state index contributed by atoms with van der Waals surface area (Å²) in [4.78, 5) is 4.43. The Morgan fingerprint density at radius 2 is 2.19 bits per heavy atom. The van der Waals surface area contributed by atoms with Gasteiger partial charge in [0.2, 0.25) is 0 Å². The Morgan fingerprint density at radius 1 is 1.38 bits per heavy atom. The first-order valence-corrected chi connectivity index (χ1v) is 5.92. The van der Waals surface area contributed by atoms with Crippen LogP contribution in [0, 0.1) is 5.92 Å². The zero-order valence-electron chi connectivity index (χ0n) is 8.86. The molecule has 1 aromatic carbocycles. The van der Waals surface area contributed by atoms with Crippen LogP contribution in [-0.4, -0.2) is 11.5 Å². The Morgan fingerprint density at radius 3 is 2.94 bits per heavy atom. The number of pyridine rings is 1. The van der Waals surface area contributed by atoms with Crippen LogP contribution >= 0.6 is 11.6 Å². The highest BCUT2D eigenvalue weighted by atomic mass is 35.5. The van der Waals surface area contributed by atoms with Gasteiger partial charge in [0.25, 0.3) is 0 Å². The molecule has 2 N–H and O–H groups in total. The molecule has 1 aliphatic rings. The number of hydrogen-bond donors (Lipinski definition) is 1. The molecule has 1 saturated carbocycles. The van der Waals surface area contributed by atoms with E-state index in [0.717, 1.165) is 29.4 Å². The Labute approximate surface area is 99.4 Å². The van der Waals surface area contributed by atoms with Crippen LogP contribution in [0.2, 0.25) is 5.15 Å². The van der Waals surface area contributed by atoms with E-state index in [4.69, 9.17) is 17.3 Å². The normalized spacial score (nSPS) is 23.6. The summed E-state index contributed by atoms with van der Waals surface area (Å²) >= 11 is 6.21. The van der Waals surface area contributed by atoms with Crippen molar-refractivity contribution in [2.45, 2.75) is 12.3 Å². The molecular formula is C13H13ClN2. The van der Waals surface area contributed by atoms with Gasteiger partial charge in [0.1, 0.15) is 5.15 Å². The SMILES string of the molecule is NC[C@@H]1C[C@H]1c1cc2ccccc2nc1Cl. The van der Waals surface area contributed by atoms with E-state index in [1.807, 2.05) is 18.2 Å². The first kappa shape index (κ1) is 10.1. The maximum atomic E-state index is 6.21. The van der Waals surface area contributed by atoms with E-state index in [2.05, 4.69) is 17.1 Å². The van der Waals surface area contributed by atoms with E-state index in [1.54, 1.807) is 0 Å². The third kappa shape index (κ3) is 1.58. The van der Waals surface area contributed by atoms with Crippen molar-refractivity contribution >= 4 is 22.5 Å². The number of para-hydroxylation sites is 1. The number of halogens is 1. The van der Waals surface area contributed by atoms with E-state index in [9.17, 15) is 0 Å². The monoisotopic (exact) mass is 232 g/mol. The molecule has 2 nitrogen and oxygen atoms in total. The average Bonchev–Trinajstić information content (AvgIpc) is 3.07. The van der Waals surface area contributed by atoms with Gasteiger partial charge in [-0.25, -0.2) is 4.98 Å². The highest BCUT2D eigenvalue weighted by Gasteiger charge is 2.38. The molecule has 1 heterocycles. The number of hydrogen-bond acceptors (Lipinski definition) is 2. The first-order chi connectivity index (χ1) is 7.79. The minimum absolute atomic E-state index is 0.523. The second kappa shape index (κ2) is 3.72.